The number of hydrogen-bond acceptors (Lipinski definition) is 2. The Labute approximate surface area is 97.3 Å². The van der Waals surface area contributed by atoms with Crippen LogP contribution in [0.15, 0.2) is 35.1 Å². The van der Waals surface area contributed by atoms with Crippen molar-refractivity contribution in [3.05, 3.63) is 40.9 Å². The van der Waals surface area contributed by atoms with Crippen LogP contribution in [0.2, 0.25) is 0 Å². The predicted octanol–water partition coefficient (Wildman–Crippen LogP) is 3.15. The summed E-state index contributed by atoms with van der Waals surface area (Å²) in [6.45, 7) is 4.22. The van der Waals surface area contributed by atoms with Crippen molar-refractivity contribution < 1.29 is 0 Å². The number of nitrogens with zero attached hydrogens (tertiary/aromatic N) is 3. The van der Waals surface area contributed by atoms with Crippen LogP contribution in [-0.4, -0.2) is 14.8 Å². The minimum atomic E-state index is 0.371. The summed E-state index contributed by atoms with van der Waals surface area (Å²) in [6, 6.07) is 8.04. The maximum absolute atomic E-state index is 4.25. The fourth-order valence-corrected chi connectivity index (χ4v) is 1.69. The summed E-state index contributed by atoms with van der Waals surface area (Å²) in [7, 11) is 0. The van der Waals surface area contributed by atoms with Crippen LogP contribution >= 0.6 is 15.9 Å². The largest absolute Gasteiger partial charge is 0.219 e. The second-order valence-electron chi connectivity index (χ2n) is 3.66. The van der Waals surface area contributed by atoms with Crippen molar-refractivity contribution in [3.8, 4) is 5.69 Å². The number of rotatable bonds is 2. The zero-order valence-electron chi connectivity index (χ0n) is 8.68. The molecule has 0 N–H and O–H groups in total. The van der Waals surface area contributed by atoms with Gasteiger partial charge in [0.1, 0.15) is 12.2 Å². The summed E-state index contributed by atoms with van der Waals surface area (Å²) in [4.78, 5) is 4.25. The van der Waals surface area contributed by atoms with Crippen molar-refractivity contribution in [1.82, 2.24) is 14.8 Å². The lowest BCUT2D eigenvalue weighted by Crippen LogP contribution is -2.04. The molecular formula is C11H12BrN3. The van der Waals surface area contributed by atoms with Crippen molar-refractivity contribution in [2.24, 2.45) is 0 Å². The maximum Gasteiger partial charge on any atom is 0.138 e. The third-order valence-corrected chi connectivity index (χ3v) is 2.69. The molecule has 1 aromatic heterocycles. The van der Waals surface area contributed by atoms with E-state index in [0.717, 1.165) is 16.0 Å². The molecule has 78 valence electrons. The highest BCUT2D eigenvalue weighted by Crippen LogP contribution is 2.17. The van der Waals surface area contributed by atoms with E-state index in [1.165, 1.54) is 0 Å². The molecule has 2 rings (SSSR count). The van der Waals surface area contributed by atoms with Crippen LogP contribution in [0.4, 0.5) is 0 Å². The van der Waals surface area contributed by atoms with Crippen LogP contribution in [0.25, 0.3) is 5.69 Å². The van der Waals surface area contributed by atoms with Crippen LogP contribution in [-0.2, 0) is 0 Å². The molecule has 3 nitrogen and oxygen atoms in total. The summed E-state index contributed by atoms with van der Waals surface area (Å²) >= 11 is 3.41. The third-order valence-electron chi connectivity index (χ3n) is 2.16. The van der Waals surface area contributed by atoms with Gasteiger partial charge in [-0.25, -0.2) is 9.67 Å². The van der Waals surface area contributed by atoms with Gasteiger partial charge in [-0.3, -0.25) is 0 Å². The number of halogens is 1. The Kier molecular flexibility index (Phi) is 2.86. The first-order valence-corrected chi connectivity index (χ1v) is 5.63. The summed E-state index contributed by atoms with van der Waals surface area (Å²) in [6.07, 6.45) is 1.59. The van der Waals surface area contributed by atoms with E-state index in [-0.39, 0.29) is 0 Å². The zero-order chi connectivity index (χ0) is 10.8. The second kappa shape index (κ2) is 4.14. The maximum atomic E-state index is 4.25. The molecule has 0 fully saturated rings. The van der Waals surface area contributed by atoms with Crippen molar-refractivity contribution in [1.29, 1.82) is 0 Å². The van der Waals surface area contributed by atoms with Crippen LogP contribution in [0, 0.1) is 0 Å². The lowest BCUT2D eigenvalue weighted by molar-refractivity contribution is 0.714. The molecule has 15 heavy (non-hydrogen) atoms. The van der Waals surface area contributed by atoms with Crippen LogP contribution in [0.3, 0.4) is 0 Å². The standard InChI is InChI=1S/C11H12BrN3/c1-8(2)11-13-7-14-15(11)10-5-3-9(12)4-6-10/h3-8H,1-2H3. The molecule has 2 aromatic rings. The van der Waals surface area contributed by atoms with E-state index in [1.54, 1.807) is 6.33 Å². The Bertz CT molecular complexity index is 445. The SMILES string of the molecule is CC(C)c1ncnn1-c1ccc(Br)cc1. The average Bonchev–Trinajstić information content (AvgIpc) is 2.67. The van der Waals surface area contributed by atoms with E-state index < -0.39 is 0 Å². The molecular weight excluding hydrogens is 254 g/mol. The molecule has 0 unspecified atom stereocenters. The number of benzene rings is 1. The van der Waals surface area contributed by atoms with E-state index in [0.29, 0.717) is 5.92 Å². The topological polar surface area (TPSA) is 30.7 Å². The molecule has 0 radical (unpaired) electrons. The van der Waals surface area contributed by atoms with E-state index in [2.05, 4.69) is 39.9 Å². The molecule has 1 heterocycles. The van der Waals surface area contributed by atoms with Crippen LogP contribution < -0.4 is 0 Å². The van der Waals surface area contributed by atoms with Crippen LogP contribution in [0.1, 0.15) is 25.6 Å². The minimum absolute atomic E-state index is 0.371. The molecule has 0 amide bonds. The molecule has 0 bridgehead atoms. The fourth-order valence-electron chi connectivity index (χ4n) is 1.43. The number of hydrogen-bond donors (Lipinski definition) is 0. The average molecular weight is 266 g/mol. The van der Waals surface area contributed by atoms with Crippen molar-refractivity contribution in [2.75, 3.05) is 0 Å². The quantitative estimate of drug-likeness (QED) is 0.835. The molecule has 0 saturated carbocycles. The first-order chi connectivity index (χ1) is 7.18. The highest BCUT2D eigenvalue weighted by molar-refractivity contribution is 9.10. The lowest BCUT2D eigenvalue weighted by Gasteiger charge is -2.07. The predicted molar refractivity (Wildman–Crippen MR) is 63.1 cm³/mol. The molecule has 4 heteroatoms. The fraction of sp³-hybridized carbons (Fsp3) is 0.273. The van der Waals surface area contributed by atoms with Gasteiger partial charge in [0, 0.05) is 10.4 Å². The Hall–Kier alpha value is -1.16. The van der Waals surface area contributed by atoms with E-state index in [9.17, 15) is 0 Å². The van der Waals surface area contributed by atoms with Gasteiger partial charge in [0.25, 0.3) is 0 Å². The molecule has 1 aromatic carbocycles. The van der Waals surface area contributed by atoms with Gasteiger partial charge in [-0.2, -0.15) is 5.10 Å². The monoisotopic (exact) mass is 265 g/mol. The lowest BCUT2D eigenvalue weighted by atomic mass is 10.2. The first-order valence-electron chi connectivity index (χ1n) is 4.84. The smallest absolute Gasteiger partial charge is 0.138 e. The summed E-state index contributed by atoms with van der Waals surface area (Å²) in [5.74, 6) is 1.36. The molecule has 0 spiro atoms. The van der Waals surface area contributed by atoms with Gasteiger partial charge in [-0.1, -0.05) is 29.8 Å². The van der Waals surface area contributed by atoms with E-state index >= 15 is 0 Å². The summed E-state index contributed by atoms with van der Waals surface area (Å²) < 4.78 is 2.94. The van der Waals surface area contributed by atoms with Gasteiger partial charge in [0.05, 0.1) is 5.69 Å². The number of aromatic nitrogens is 3. The van der Waals surface area contributed by atoms with Gasteiger partial charge >= 0.3 is 0 Å². The van der Waals surface area contributed by atoms with Gasteiger partial charge in [0.2, 0.25) is 0 Å². The molecule has 0 aliphatic rings. The van der Waals surface area contributed by atoms with Crippen molar-refractivity contribution in [2.45, 2.75) is 19.8 Å². The van der Waals surface area contributed by atoms with Gasteiger partial charge < -0.3 is 0 Å². The Morgan fingerprint density at radius 1 is 1.20 bits per heavy atom. The van der Waals surface area contributed by atoms with Gasteiger partial charge in [-0.05, 0) is 24.3 Å². The Balaban J connectivity index is 2.45. The highest BCUT2D eigenvalue weighted by Gasteiger charge is 2.09. The molecule has 0 aliphatic carbocycles. The zero-order valence-corrected chi connectivity index (χ0v) is 10.3. The Morgan fingerprint density at radius 2 is 1.87 bits per heavy atom. The van der Waals surface area contributed by atoms with Gasteiger partial charge in [-0.15, -0.1) is 0 Å². The van der Waals surface area contributed by atoms with E-state index in [4.69, 9.17) is 0 Å². The summed E-state index contributed by atoms with van der Waals surface area (Å²) in [5.41, 5.74) is 1.04. The molecule has 0 aliphatic heterocycles. The highest BCUT2D eigenvalue weighted by atomic mass is 79.9. The van der Waals surface area contributed by atoms with Crippen molar-refractivity contribution >= 4 is 15.9 Å². The Morgan fingerprint density at radius 3 is 2.47 bits per heavy atom. The second-order valence-corrected chi connectivity index (χ2v) is 4.58. The molecule has 0 atom stereocenters. The minimum Gasteiger partial charge on any atom is -0.219 e. The third kappa shape index (κ3) is 2.09. The van der Waals surface area contributed by atoms with Crippen LogP contribution in [0.5, 0.6) is 0 Å². The molecule has 0 saturated heterocycles. The normalized spacial score (nSPS) is 10.9. The van der Waals surface area contributed by atoms with Gasteiger partial charge in [0.15, 0.2) is 0 Å². The first kappa shape index (κ1) is 10.4. The van der Waals surface area contributed by atoms with E-state index in [1.807, 2.05) is 28.9 Å². The summed E-state index contributed by atoms with van der Waals surface area (Å²) in [5, 5.41) is 4.23. The van der Waals surface area contributed by atoms with Crippen molar-refractivity contribution in [3.63, 3.8) is 0 Å².